The number of nitrogens with one attached hydrogen (secondary N) is 2. The van der Waals surface area contributed by atoms with Crippen molar-refractivity contribution in [1.29, 1.82) is 0 Å². The predicted molar refractivity (Wildman–Crippen MR) is 60.4 cm³/mol. The first kappa shape index (κ1) is 13.9. The molecule has 0 aliphatic rings. The minimum atomic E-state index is -0.197. The summed E-state index contributed by atoms with van der Waals surface area (Å²) in [5.74, 6) is 0.0273. The first-order valence-electron chi connectivity index (χ1n) is 5.59. The van der Waals surface area contributed by atoms with Crippen LogP contribution in [0.15, 0.2) is 0 Å². The van der Waals surface area contributed by atoms with E-state index >= 15 is 0 Å². The van der Waals surface area contributed by atoms with Gasteiger partial charge in [0.25, 0.3) is 0 Å². The molecule has 2 N–H and O–H groups in total. The van der Waals surface area contributed by atoms with Crippen LogP contribution in [0.25, 0.3) is 0 Å². The Bertz CT molecular complexity index is 203. The molecule has 15 heavy (non-hydrogen) atoms. The van der Waals surface area contributed by atoms with Crippen molar-refractivity contribution in [3.8, 4) is 0 Å². The van der Waals surface area contributed by atoms with Gasteiger partial charge in [-0.2, -0.15) is 0 Å². The van der Waals surface area contributed by atoms with Crippen LogP contribution < -0.4 is 10.6 Å². The lowest BCUT2D eigenvalue weighted by atomic mass is 10.2. The summed E-state index contributed by atoms with van der Waals surface area (Å²) in [5.41, 5.74) is 0. The van der Waals surface area contributed by atoms with Gasteiger partial charge in [0.15, 0.2) is 0 Å². The van der Waals surface area contributed by atoms with Crippen molar-refractivity contribution in [3.05, 3.63) is 0 Å². The molecule has 0 aliphatic heterocycles. The fourth-order valence-corrected chi connectivity index (χ4v) is 0.993. The highest BCUT2D eigenvalue weighted by atomic mass is 16.2. The predicted octanol–water partition coefficient (Wildman–Crippen LogP) is 1.06. The molecule has 0 spiro atoms. The Morgan fingerprint density at radius 2 is 1.73 bits per heavy atom. The fraction of sp³-hybridized carbons (Fsp3) is 0.818. The van der Waals surface area contributed by atoms with Gasteiger partial charge in [0, 0.05) is 13.1 Å². The van der Waals surface area contributed by atoms with E-state index in [1.807, 2.05) is 13.8 Å². The van der Waals surface area contributed by atoms with Crippen LogP contribution in [0.3, 0.4) is 0 Å². The van der Waals surface area contributed by atoms with E-state index in [1.165, 1.54) is 0 Å². The maximum absolute atomic E-state index is 11.2. The van der Waals surface area contributed by atoms with Crippen molar-refractivity contribution in [1.82, 2.24) is 10.6 Å². The SMILES string of the molecule is CCCCNC(=O)CC(=O)NCC(C)C. The first-order valence-corrected chi connectivity index (χ1v) is 5.59. The number of rotatable bonds is 7. The summed E-state index contributed by atoms with van der Waals surface area (Å²) >= 11 is 0. The van der Waals surface area contributed by atoms with Crippen molar-refractivity contribution in [2.75, 3.05) is 13.1 Å². The number of carbonyl (C=O) groups excluding carboxylic acids is 2. The third-order valence-electron chi connectivity index (χ3n) is 1.88. The second kappa shape index (κ2) is 8.26. The molecule has 0 aromatic heterocycles. The molecule has 0 aromatic carbocycles. The van der Waals surface area contributed by atoms with Gasteiger partial charge in [-0.25, -0.2) is 0 Å². The maximum atomic E-state index is 11.2. The monoisotopic (exact) mass is 214 g/mol. The van der Waals surface area contributed by atoms with Gasteiger partial charge in [-0.3, -0.25) is 9.59 Å². The molecular weight excluding hydrogens is 192 g/mol. The molecule has 4 heteroatoms. The maximum Gasteiger partial charge on any atom is 0.229 e. The molecule has 0 heterocycles. The van der Waals surface area contributed by atoms with Crippen molar-refractivity contribution in [2.24, 2.45) is 5.92 Å². The van der Waals surface area contributed by atoms with Gasteiger partial charge in [-0.15, -0.1) is 0 Å². The Morgan fingerprint density at radius 3 is 2.27 bits per heavy atom. The number of unbranched alkanes of at least 4 members (excludes halogenated alkanes) is 1. The Labute approximate surface area is 91.8 Å². The number of hydrogen-bond acceptors (Lipinski definition) is 2. The molecule has 88 valence electrons. The molecule has 0 aliphatic carbocycles. The molecule has 0 saturated carbocycles. The smallest absolute Gasteiger partial charge is 0.229 e. The molecule has 0 atom stereocenters. The van der Waals surface area contributed by atoms with Crippen molar-refractivity contribution in [2.45, 2.75) is 40.0 Å². The van der Waals surface area contributed by atoms with E-state index in [4.69, 9.17) is 0 Å². The molecule has 0 bridgehead atoms. The van der Waals surface area contributed by atoms with Gasteiger partial charge in [0.05, 0.1) is 0 Å². The minimum Gasteiger partial charge on any atom is -0.356 e. The second-order valence-electron chi connectivity index (χ2n) is 4.08. The zero-order chi connectivity index (χ0) is 11.7. The van der Waals surface area contributed by atoms with E-state index < -0.39 is 0 Å². The molecule has 0 fully saturated rings. The van der Waals surface area contributed by atoms with E-state index in [2.05, 4.69) is 17.6 Å². The van der Waals surface area contributed by atoms with Crippen LogP contribution in [0.2, 0.25) is 0 Å². The van der Waals surface area contributed by atoms with Gasteiger partial charge in [0.2, 0.25) is 11.8 Å². The Hall–Kier alpha value is -1.06. The summed E-state index contributed by atoms with van der Waals surface area (Å²) in [7, 11) is 0. The lowest BCUT2D eigenvalue weighted by Crippen LogP contribution is -2.33. The van der Waals surface area contributed by atoms with Crippen LogP contribution in [-0.2, 0) is 9.59 Å². The van der Waals surface area contributed by atoms with Gasteiger partial charge in [0.1, 0.15) is 6.42 Å². The highest BCUT2D eigenvalue weighted by Crippen LogP contribution is 1.89. The molecule has 0 unspecified atom stereocenters. The second-order valence-corrected chi connectivity index (χ2v) is 4.08. The highest BCUT2D eigenvalue weighted by Gasteiger charge is 2.08. The van der Waals surface area contributed by atoms with Crippen molar-refractivity contribution in [3.63, 3.8) is 0 Å². The zero-order valence-corrected chi connectivity index (χ0v) is 9.93. The Balaban J connectivity index is 3.53. The first-order chi connectivity index (χ1) is 7.06. The number of amides is 2. The fourth-order valence-electron chi connectivity index (χ4n) is 0.993. The summed E-state index contributed by atoms with van der Waals surface area (Å²) in [6, 6.07) is 0. The summed E-state index contributed by atoms with van der Waals surface area (Å²) < 4.78 is 0. The largest absolute Gasteiger partial charge is 0.356 e. The quantitative estimate of drug-likeness (QED) is 0.492. The molecule has 0 rings (SSSR count). The van der Waals surface area contributed by atoms with E-state index in [1.54, 1.807) is 0 Å². The Kier molecular flexibility index (Phi) is 7.68. The van der Waals surface area contributed by atoms with Crippen LogP contribution in [0, 0.1) is 5.92 Å². The number of hydrogen-bond donors (Lipinski definition) is 2. The average Bonchev–Trinajstić information content (AvgIpc) is 2.15. The van der Waals surface area contributed by atoms with Crippen LogP contribution in [0.4, 0.5) is 0 Å². The minimum absolute atomic E-state index is 0.0591. The average molecular weight is 214 g/mol. The molecule has 0 radical (unpaired) electrons. The van der Waals surface area contributed by atoms with Gasteiger partial charge >= 0.3 is 0 Å². The lowest BCUT2D eigenvalue weighted by Gasteiger charge is -2.07. The third kappa shape index (κ3) is 9.25. The topological polar surface area (TPSA) is 58.2 Å². The van der Waals surface area contributed by atoms with E-state index in [9.17, 15) is 9.59 Å². The van der Waals surface area contributed by atoms with E-state index in [0.29, 0.717) is 19.0 Å². The summed E-state index contributed by atoms with van der Waals surface area (Å²) in [5, 5.41) is 5.41. The highest BCUT2D eigenvalue weighted by molar-refractivity contribution is 5.96. The van der Waals surface area contributed by atoms with Crippen LogP contribution >= 0.6 is 0 Å². The van der Waals surface area contributed by atoms with Crippen LogP contribution in [0.1, 0.15) is 40.0 Å². The van der Waals surface area contributed by atoms with Gasteiger partial charge in [-0.05, 0) is 12.3 Å². The summed E-state index contributed by atoms with van der Waals surface area (Å²) in [6.45, 7) is 7.37. The zero-order valence-electron chi connectivity index (χ0n) is 9.93. The van der Waals surface area contributed by atoms with Crippen molar-refractivity contribution < 1.29 is 9.59 Å². The molecule has 0 aromatic rings. The van der Waals surface area contributed by atoms with Gasteiger partial charge < -0.3 is 10.6 Å². The molecule has 0 saturated heterocycles. The van der Waals surface area contributed by atoms with E-state index in [-0.39, 0.29) is 18.2 Å². The number of carbonyl (C=O) groups is 2. The molecule has 2 amide bonds. The van der Waals surface area contributed by atoms with Crippen molar-refractivity contribution >= 4 is 11.8 Å². The standard InChI is InChI=1S/C11H22N2O2/c1-4-5-6-12-10(14)7-11(15)13-8-9(2)3/h9H,4-8H2,1-3H3,(H,12,14)(H,13,15). The Morgan fingerprint density at radius 1 is 1.13 bits per heavy atom. The molecular formula is C11H22N2O2. The lowest BCUT2D eigenvalue weighted by molar-refractivity contribution is -0.129. The molecule has 4 nitrogen and oxygen atoms in total. The van der Waals surface area contributed by atoms with Crippen LogP contribution in [0.5, 0.6) is 0 Å². The summed E-state index contributed by atoms with van der Waals surface area (Å²) in [6.07, 6.45) is 1.94. The normalized spacial score (nSPS) is 10.1. The van der Waals surface area contributed by atoms with Crippen LogP contribution in [-0.4, -0.2) is 24.9 Å². The van der Waals surface area contributed by atoms with E-state index in [0.717, 1.165) is 12.8 Å². The third-order valence-corrected chi connectivity index (χ3v) is 1.88. The summed E-state index contributed by atoms with van der Waals surface area (Å²) in [4.78, 5) is 22.4. The van der Waals surface area contributed by atoms with Gasteiger partial charge in [-0.1, -0.05) is 27.2 Å².